The van der Waals surface area contributed by atoms with Gasteiger partial charge in [-0.15, -0.1) is 6.42 Å². The molecule has 5 heteroatoms. The molecule has 0 atom stereocenters. The first kappa shape index (κ1) is 15.4. The van der Waals surface area contributed by atoms with E-state index in [4.69, 9.17) is 6.42 Å². The molecular weight excluding hydrogens is 224 g/mol. The number of rotatable bonds is 7. The molecule has 0 aromatic rings. The number of terminal acetylenes is 1. The van der Waals surface area contributed by atoms with E-state index in [1.807, 2.05) is 13.8 Å². The van der Waals surface area contributed by atoms with E-state index in [2.05, 4.69) is 16.0 Å². The summed E-state index contributed by atoms with van der Waals surface area (Å²) in [6.07, 6.45) is 5.80. The Balaban J connectivity index is 4.04. The minimum absolute atomic E-state index is 0.0951. The predicted octanol–water partition coefficient (Wildman–Crippen LogP) is 0.706. The summed E-state index contributed by atoms with van der Waals surface area (Å²) in [5, 5.41) is 3.16. The lowest BCUT2D eigenvalue weighted by Crippen LogP contribution is -2.43. The van der Waals surface area contributed by atoms with Crippen LogP contribution in [0.5, 0.6) is 0 Å². The first-order chi connectivity index (χ1) is 7.18. The SMILES string of the molecule is C#CC(C)(C)NS(=O)(=O)CCCNC(C)C. The van der Waals surface area contributed by atoms with Gasteiger partial charge >= 0.3 is 0 Å². The van der Waals surface area contributed by atoms with Crippen molar-refractivity contribution >= 4 is 10.0 Å². The third-order valence-corrected chi connectivity index (χ3v) is 3.56. The monoisotopic (exact) mass is 246 g/mol. The van der Waals surface area contributed by atoms with Crippen LogP contribution in [0.25, 0.3) is 0 Å². The van der Waals surface area contributed by atoms with Crippen LogP contribution in [0.4, 0.5) is 0 Å². The highest BCUT2D eigenvalue weighted by molar-refractivity contribution is 7.89. The molecule has 0 aliphatic heterocycles. The van der Waals surface area contributed by atoms with E-state index in [0.717, 1.165) is 0 Å². The highest BCUT2D eigenvalue weighted by atomic mass is 32.2. The maximum Gasteiger partial charge on any atom is 0.212 e. The first-order valence-corrected chi connectivity index (χ1v) is 7.06. The van der Waals surface area contributed by atoms with Gasteiger partial charge in [-0.25, -0.2) is 8.42 Å². The quantitative estimate of drug-likeness (QED) is 0.514. The molecule has 0 rings (SSSR count). The highest BCUT2D eigenvalue weighted by Crippen LogP contribution is 2.03. The van der Waals surface area contributed by atoms with Crippen LogP contribution in [-0.4, -0.2) is 32.3 Å². The zero-order chi connectivity index (χ0) is 12.8. The summed E-state index contributed by atoms with van der Waals surface area (Å²) >= 11 is 0. The number of hydrogen-bond acceptors (Lipinski definition) is 3. The average molecular weight is 246 g/mol. The van der Waals surface area contributed by atoms with Gasteiger partial charge in [-0.2, -0.15) is 4.72 Å². The van der Waals surface area contributed by atoms with Gasteiger partial charge in [-0.3, -0.25) is 0 Å². The molecule has 4 nitrogen and oxygen atoms in total. The van der Waals surface area contributed by atoms with Gasteiger partial charge in [-0.1, -0.05) is 19.8 Å². The van der Waals surface area contributed by atoms with Crippen LogP contribution in [0, 0.1) is 12.3 Å². The molecule has 16 heavy (non-hydrogen) atoms. The lowest BCUT2D eigenvalue weighted by molar-refractivity contribution is 0.531. The summed E-state index contributed by atoms with van der Waals surface area (Å²) in [6, 6.07) is 0.373. The summed E-state index contributed by atoms with van der Waals surface area (Å²) < 4.78 is 25.7. The summed E-state index contributed by atoms with van der Waals surface area (Å²) in [5.74, 6) is 2.50. The zero-order valence-corrected chi connectivity index (χ0v) is 11.3. The van der Waals surface area contributed by atoms with Gasteiger partial charge in [0.2, 0.25) is 10.0 Å². The van der Waals surface area contributed by atoms with Gasteiger partial charge in [0.1, 0.15) is 0 Å². The van der Waals surface area contributed by atoms with Gasteiger partial charge in [0.15, 0.2) is 0 Å². The van der Waals surface area contributed by atoms with Crippen molar-refractivity contribution in [3.05, 3.63) is 0 Å². The molecule has 0 aromatic heterocycles. The summed E-state index contributed by atoms with van der Waals surface area (Å²) in [7, 11) is -3.28. The van der Waals surface area contributed by atoms with Crippen LogP contribution >= 0.6 is 0 Å². The molecule has 2 N–H and O–H groups in total. The zero-order valence-electron chi connectivity index (χ0n) is 10.5. The van der Waals surface area contributed by atoms with Crippen molar-refractivity contribution in [1.29, 1.82) is 0 Å². The maximum absolute atomic E-state index is 11.6. The third kappa shape index (κ3) is 7.69. The Morgan fingerprint density at radius 2 is 1.94 bits per heavy atom. The minimum Gasteiger partial charge on any atom is -0.314 e. The predicted molar refractivity (Wildman–Crippen MR) is 67.6 cm³/mol. The molecule has 94 valence electrons. The molecule has 0 heterocycles. The Hall–Kier alpha value is -0.570. The molecule has 0 aromatic carbocycles. The minimum atomic E-state index is -3.28. The van der Waals surface area contributed by atoms with Crippen molar-refractivity contribution in [3.63, 3.8) is 0 Å². The smallest absolute Gasteiger partial charge is 0.212 e. The molecule has 0 saturated heterocycles. The molecular formula is C11H22N2O2S. The van der Waals surface area contributed by atoms with Crippen LogP contribution in [0.1, 0.15) is 34.1 Å². The van der Waals surface area contributed by atoms with E-state index < -0.39 is 15.6 Å². The molecule has 0 saturated carbocycles. The van der Waals surface area contributed by atoms with Crippen molar-refractivity contribution in [2.45, 2.75) is 45.7 Å². The lowest BCUT2D eigenvalue weighted by atomic mass is 10.1. The lowest BCUT2D eigenvalue weighted by Gasteiger charge is -2.19. The van der Waals surface area contributed by atoms with E-state index in [9.17, 15) is 8.42 Å². The van der Waals surface area contributed by atoms with Gasteiger partial charge < -0.3 is 5.32 Å². The molecule has 0 aliphatic carbocycles. The largest absolute Gasteiger partial charge is 0.314 e. The third-order valence-electron chi connectivity index (χ3n) is 1.91. The van der Waals surface area contributed by atoms with Gasteiger partial charge in [0.25, 0.3) is 0 Å². The van der Waals surface area contributed by atoms with Gasteiger partial charge in [-0.05, 0) is 26.8 Å². The fourth-order valence-electron chi connectivity index (χ4n) is 1.12. The van der Waals surface area contributed by atoms with Crippen LogP contribution < -0.4 is 10.0 Å². The van der Waals surface area contributed by atoms with E-state index in [0.29, 0.717) is 19.0 Å². The summed E-state index contributed by atoms with van der Waals surface area (Å²) in [6.45, 7) is 8.06. The Bertz CT molecular complexity index is 339. The fraction of sp³-hybridized carbons (Fsp3) is 0.818. The van der Waals surface area contributed by atoms with E-state index >= 15 is 0 Å². The number of hydrogen-bond donors (Lipinski definition) is 2. The topological polar surface area (TPSA) is 58.2 Å². The second-order valence-corrected chi connectivity index (χ2v) is 6.49. The van der Waals surface area contributed by atoms with Crippen molar-refractivity contribution in [2.24, 2.45) is 0 Å². The van der Waals surface area contributed by atoms with Crippen molar-refractivity contribution < 1.29 is 8.42 Å². The van der Waals surface area contributed by atoms with Gasteiger partial charge in [0, 0.05) is 6.04 Å². The molecule has 0 amide bonds. The van der Waals surface area contributed by atoms with Crippen LogP contribution in [-0.2, 0) is 10.0 Å². The number of nitrogens with one attached hydrogen (secondary N) is 2. The summed E-state index contributed by atoms with van der Waals surface area (Å²) in [4.78, 5) is 0. The number of sulfonamides is 1. The highest BCUT2D eigenvalue weighted by Gasteiger charge is 2.21. The van der Waals surface area contributed by atoms with Crippen molar-refractivity contribution in [1.82, 2.24) is 10.0 Å². The Morgan fingerprint density at radius 3 is 2.38 bits per heavy atom. The van der Waals surface area contributed by atoms with E-state index in [-0.39, 0.29) is 5.75 Å². The second-order valence-electron chi connectivity index (χ2n) is 4.65. The van der Waals surface area contributed by atoms with Crippen LogP contribution in [0.2, 0.25) is 0 Å². The van der Waals surface area contributed by atoms with Gasteiger partial charge in [0.05, 0.1) is 11.3 Å². The first-order valence-electron chi connectivity index (χ1n) is 5.41. The van der Waals surface area contributed by atoms with Crippen LogP contribution in [0.3, 0.4) is 0 Å². The molecule has 0 spiro atoms. The van der Waals surface area contributed by atoms with Crippen molar-refractivity contribution in [3.8, 4) is 12.3 Å². The molecule has 0 aliphatic rings. The molecule has 0 bridgehead atoms. The standard InChI is InChI=1S/C11H22N2O2S/c1-6-11(4,5)13-16(14,15)9-7-8-12-10(2)3/h1,10,12-13H,7-9H2,2-5H3. The van der Waals surface area contributed by atoms with E-state index in [1.165, 1.54) is 0 Å². The molecule has 0 radical (unpaired) electrons. The maximum atomic E-state index is 11.6. The second kappa shape index (κ2) is 6.24. The van der Waals surface area contributed by atoms with E-state index in [1.54, 1.807) is 13.8 Å². The van der Waals surface area contributed by atoms with Crippen LogP contribution in [0.15, 0.2) is 0 Å². The summed E-state index contributed by atoms with van der Waals surface area (Å²) in [5.41, 5.74) is -0.815. The Kier molecular flexibility index (Phi) is 6.01. The Morgan fingerprint density at radius 1 is 1.38 bits per heavy atom. The Labute approximate surface area is 99.2 Å². The fourth-order valence-corrected chi connectivity index (χ4v) is 2.59. The molecule has 0 unspecified atom stereocenters. The molecule has 0 fully saturated rings. The average Bonchev–Trinajstić information content (AvgIpc) is 2.11. The van der Waals surface area contributed by atoms with Crippen molar-refractivity contribution in [2.75, 3.05) is 12.3 Å². The normalized spacial score (nSPS) is 12.8.